The Morgan fingerprint density at radius 1 is 1.00 bits per heavy atom. The summed E-state index contributed by atoms with van der Waals surface area (Å²) in [7, 11) is -4.83. The Morgan fingerprint density at radius 3 is 2.24 bits per heavy atom. The zero-order valence-electron chi connectivity index (χ0n) is 23.3. The van der Waals surface area contributed by atoms with Crippen molar-refractivity contribution in [2.24, 2.45) is 52.3 Å². The van der Waals surface area contributed by atoms with Gasteiger partial charge in [0.1, 0.15) is 0 Å². The van der Waals surface area contributed by atoms with E-state index in [4.69, 9.17) is 4.18 Å². The van der Waals surface area contributed by atoms with Crippen molar-refractivity contribution in [2.45, 2.75) is 103 Å². The van der Waals surface area contributed by atoms with Crippen LogP contribution in [0.2, 0.25) is 0 Å². The molecule has 4 saturated carbocycles. The minimum atomic E-state index is -4.83. The van der Waals surface area contributed by atoms with Gasteiger partial charge in [0.15, 0.2) is 0 Å². The van der Waals surface area contributed by atoms with E-state index in [9.17, 15) is 38.5 Å². The Balaban J connectivity index is 1.72. The quantitative estimate of drug-likeness (QED) is 0.202. The Bertz CT molecular complexity index is 1000. The molecule has 14 atom stereocenters. The highest BCUT2D eigenvalue weighted by Crippen LogP contribution is 2.70. The highest BCUT2D eigenvalue weighted by atomic mass is 32.3. The molecule has 0 radical (unpaired) electrons. The van der Waals surface area contributed by atoms with E-state index in [2.05, 4.69) is 0 Å². The minimum absolute atomic E-state index is 0.0719. The van der Waals surface area contributed by atoms with Crippen molar-refractivity contribution in [3.63, 3.8) is 0 Å². The normalized spacial score (nSPS) is 49.7. The van der Waals surface area contributed by atoms with Gasteiger partial charge in [0, 0.05) is 18.9 Å². The summed E-state index contributed by atoms with van der Waals surface area (Å²) in [6, 6.07) is 0. The number of hydrogen-bond acceptors (Lipinski definition) is 8. The van der Waals surface area contributed by atoms with Gasteiger partial charge >= 0.3 is 10.4 Å². The van der Waals surface area contributed by atoms with Crippen LogP contribution in [0.5, 0.6) is 0 Å². The summed E-state index contributed by atoms with van der Waals surface area (Å²) in [5.74, 6) is -1.66. The van der Waals surface area contributed by atoms with Crippen molar-refractivity contribution in [3.05, 3.63) is 12.2 Å². The van der Waals surface area contributed by atoms with Gasteiger partial charge in [-0.1, -0.05) is 46.8 Å². The number of hydrogen-bond donors (Lipinski definition) is 6. The molecule has 0 aliphatic heterocycles. The molecule has 9 nitrogen and oxygen atoms in total. The van der Waals surface area contributed by atoms with Gasteiger partial charge < -0.3 is 25.5 Å². The molecule has 0 heterocycles. The molecule has 4 rings (SSSR count). The molecule has 0 amide bonds. The second-order valence-electron chi connectivity index (χ2n) is 13.6. The summed E-state index contributed by atoms with van der Waals surface area (Å²) in [5.41, 5.74) is -2.75. The van der Waals surface area contributed by atoms with Crippen LogP contribution in [0.3, 0.4) is 0 Å². The van der Waals surface area contributed by atoms with E-state index in [1.54, 1.807) is 0 Å². The lowest BCUT2D eigenvalue weighted by Crippen LogP contribution is -2.69. The zero-order valence-corrected chi connectivity index (χ0v) is 24.1. The average molecular weight is 561 g/mol. The Hall–Kier alpha value is -0.590. The highest BCUT2D eigenvalue weighted by Gasteiger charge is 2.73. The summed E-state index contributed by atoms with van der Waals surface area (Å²) in [6.07, 6.45) is 2.67. The number of aliphatic hydroxyl groups is 5. The van der Waals surface area contributed by atoms with Crippen LogP contribution >= 0.6 is 0 Å². The first kappa shape index (κ1) is 30.4. The van der Waals surface area contributed by atoms with Gasteiger partial charge in [-0.05, 0) is 78.4 Å². The molecule has 0 aromatic rings. The van der Waals surface area contributed by atoms with Gasteiger partial charge in [-0.3, -0.25) is 4.55 Å². The fourth-order valence-corrected chi connectivity index (χ4v) is 10.0. The molecule has 4 fully saturated rings. The lowest BCUT2D eigenvalue weighted by atomic mass is 9.42. The van der Waals surface area contributed by atoms with Crippen molar-refractivity contribution in [1.82, 2.24) is 0 Å². The third-order valence-electron chi connectivity index (χ3n) is 11.5. The van der Waals surface area contributed by atoms with Crippen molar-refractivity contribution in [3.8, 4) is 0 Å². The van der Waals surface area contributed by atoms with Crippen molar-refractivity contribution in [1.29, 1.82) is 0 Å². The summed E-state index contributed by atoms with van der Waals surface area (Å²) in [4.78, 5) is 0. The average Bonchev–Trinajstić information content (AvgIpc) is 3.02. The molecule has 38 heavy (non-hydrogen) atoms. The number of fused-ring (bicyclic) bond motifs is 5. The first-order valence-electron chi connectivity index (χ1n) is 14.2. The minimum Gasteiger partial charge on any atom is -0.396 e. The van der Waals surface area contributed by atoms with Crippen LogP contribution in [-0.4, -0.2) is 75.1 Å². The summed E-state index contributed by atoms with van der Waals surface area (Å²) < 4.78 is 38.5. The van der Waals surface area contributed by atoms with Crippen LogP contribution in [0.15, 0.2) is 12.2 Å². The second-order valence-corrected chi connectivity index (χ2v) is 14.7. The van der Waals surface area contributed by atoms with Gasteiger partial charge in [0.2, 0.25) is 0 Å². The van der Waals surface area contributed by atoms with E-state index in [1.165, 1.54) is 0 Å². The molecular weight excluding hydrogens is 512 g/mol. The van der Waals surface area contributed by atoms with Gasteiger partial charge in [0.25, 0.3) is 0 Å². The number of aliphatic hydroxyl groups excluding tert-OH is 4. The molecule has 0 spiro atoms. The van der Waals surface area contributed by atoms with Crippen LogP contribution in [0.4, 0.5) is 0 Å². The van der Waals surface area contributed by atoms with Gasteiger partial charge in [0.05, 0.1) is 30.0 Å². The SMILES string of the molecule is CC(CO)[C@@H](C)C=C[C@@H](C)[C@H]1[C@@H](O)C(O)[C@@H]2[C@]1(C)CC[C@@H]1[C@@]3(C)CC[C@H](O)C[C@@H]3C(OS(=O)(=O)O)C[C@]12O. The monoisotopic (exact) mass is 560 g/mol. The maximum atomic E-state index is 12.5. The van der Waals surface area contributed by atoms with E-state index in [1.807, 2.05) is 46.8 Å². The molecule has 4 aliphatic carbocycles. The van der Waals surface area contributed by atoms with Crippen molar-refractivity contribution >= 4 is 10.4 Å². The van der Waals surface area contributed by atoms with Crippen LogP contribution in [0.25, 0.3) is 0 Å². The van der Waals surface area contributed by atoms with E-state index in [-0.39, 0.29) is 48.5 Å². The molecule has 6 N–H and O–H groups in total. The summed E-state index contributed by atoms with van der Waals surface area (Å²) >= 11 is 0. The van der Waals surface area contributed by atoms with Gasteiger partial charge in [-0.15, -0.1) is 0 Å². The van der Waals surface area contributed by atoms with E-state index in [0.29, 0.717) is 32.1 Å². The topological polar surface area (TPSA) is 165 Å². The maximum Gasteiger partial charge on any atom is 0.397 e. The van der Waals surface area contributed by atoms with E-state index < -0.39 is 57.2 Å². The molecule has 0 saturated heterocycles. The van der Waals surface area contributed by atoms with E-state index >= 15 is 0 Å². The van der Waals surface area contributed by atoms with Gasteiger partial charge in [-0.25, -0.2) is 4.18 Å². The molecule has 3 unspecified atom stereocenters. The van der Waals surface area contributed by atoms with Crippen LogP contribution < -0.4 is 0 Å². The molecule has 10 heteroatoms. The standard InChI is InChI=1S/C28H48O9S/c1-15(17(3)14-29)6-7-16(2)22-23(31)24(32)25-27(22,5)11-9-21-26(4)10-8-18(30)12-19(26)20(13-28(21,25)33)37-38(34,35)36/h6-7,15-25,29-33H,8-14H2,1-5H3,(H,34,35,36)/t15-,16+,17?,18-,19+,20?,21+,22-,23+,24?,25+,26-,27+,28-/m0/s1. The first-order valence-corrected chi connectivity index (χ1v) is 15.6. The predicted molar refractivity (Wildman–Crippen MR) is 141 cm³/mol. The summed E-state index contributed by atoms with van der Waals surface area (Å²) in [6.45, 7) is 10.1. The molecular formula is C28H48O9S. The molecule has 0 bridgehead atoms. The first-order chi connectivity index (χ1) is 17.5. The fourth-order valence-electron chi connectivity index (χ4n) is 9.49. The van der Waals surface area contributed by atoms with E-state index in [0.717, 1.165) is 0 Å². The number of allylic oxidation sites excluding steroid dienone is 2. The third kappa shape index (κ3) is 4.91. The fraction of sp³-hybridized carbons (Fsp3) is 0.929. The largest absolute Gasteiger partial charge is 0.397 e. The maximum absolute atomic E-state index is 12.5. The lowest BCUT2D eigenvalue weighted by Gasteiger charge is -2.66. The van der Waals surface area contributed by atoms with Crippen LogP contribution in [-0.2, 0) is 14.6 Å². The third-order valence-corrected chi connectivity index (χ3v) is 12.0. The Morgan fingerprint density at radius 2 is 1.63 bits per heavy atom. The zero-order chi connectivity index (χ0) is 28.4. The summed E-state index contributed by atoms with van der Waals surface area (Å²) in [5, 5.41) is 55.4. The Kier molecular flexibility index (Phi) is 8.27. The van der Waals surface area contributed by atoms with Crippen LogP contribution in [0.1, 0.15) is 73.1 Å². The smallest absolute Gasteiger partial charge is 0.396 e. The highest BCUT2D eigenvalue weighted by molar-refractivity contribution is 7.80. The Labute approximate surface area is 227 Å². The van der Waals surface area contributed by atoms with Crippen LogP contribution in [0, 0.1) is 52.3 Å². The molecule has 4 aliphatic rings. The van der Waals surface area contributed by atoms with Gasteiger partial charge in [-0.2, -0.15) is 8.42 Å². The van der Waals surface area contributed by atoms with Crippen molar-refractivity contribution in [2.75, 3.05) is 6.61 Å². The second kappa shape index (κ2) is 10.4. The number of rotatable bonds is 7. The lowest BCUT2D eigenvalue weighted by molar-refractivity contribution is -0.260. The predicted octanol–water partition coefficient (Wildman–Crippen LogP) is 2.32. The molecule has 0 aromatic heterocycles. The van der Waals surface area contributed by atoms with Crippen molar-refractivity contribution < 1.29 is 42.7 Å². The molecule has 0 aromatic carbocycles. The molecule has 220 valence electrons.